The Labute approximate surface area is 99.6 Å². The number of nitrogens with zero attached hydrogens (tertiary/aromatic N) is 1. The largest absolute Gasteiger partial charge is 0.439 e. The molecule has 1 heterocycles. The zero-order valence-electron chi connectivity index (χ0n) is 9.89. The fourth-order valence-electron chi connectivity index (χ4n) is 1.36. The number of anilines is 1. The Bertz CT molecular complexity index is 671. The quantitative estimate of drug-likeness (QED) is 0.824. The molecule has 0 amide bonds. The molecule has 0 spiro atoms. The Morgan fingerprint density at radius 3 is 2.59 bits per heavy atom. The van der Waals surface area contributed by atoms with Crippen LogP contribution in [-0.4, -0.2) is 19.7 Å². The zero-order valence-corrected chi connectivity index (χ0v) is 10.7. The van der Waals surface area contributed by atoms with E-state index in [9.17, 15) is 8.42 Å². The number of fused-ring (bicyclic) bond motifs is 1. The summed E-state index contributed by atoms with van der Waals surface area (Å²) in [6.45, 7) is 3.13. The van der Waals surface area contributed by atoms with Gasteiger partial charge < -0.3 is 10.2 Å². The Morgan fingerprint density at radius 2 is 2.00 bits per heavy atom. The van der Waals surface area contributed by atoms with Crippen LogP contribution in [0.4, 0.5) is 5.69 Å². The molecular weight excluding hydrogens is 240 g/mol. The maximum atomic E-state index is 11.7. The van der Waals surface area contributed by atoms with Crippen LogP contribution in [0.15, 0.2) is 22.6 Å². The van der Waals surface area contributed by atoms with E-state index in [0.717, 1.165) is 6.26 Å². The van der Waals surface area contributed by atoms with E-state index < -0.39 is 14.6 Å². The number of rotatable bonds is 2. The fraction of sp³-hybridized carbons (Fsp3) is 0.364. The Hall–Kier alpha value is -1.56. The van der Waals surface area contributed by atoms with Crippen molar-refractivity contribution in [2.24, 2.45) is 0 Å². The van der Waals surface area contributed by atoms with E-state index in [1.165, 1.54) is 0 Å². The van der Waals surface area contributed by atoms with Crippen LogP contribution in [0.25, 0.3) is 11.1 Å². The Kier molecular flexibility index (Phi) is 2.43. The van der Waals surface area contributed by atoms with Crippen LogP contribution in [-0.2, 0) is 14.6 Å². The molecule has 0 bridgehead atoms. The molecular formula is C11H14N2O3S. The monoisotopic (exact) mass is 254 g/mol. The lowest BCUT2D eigenvalue weighted by Crippen LogP contribution is -2.28. The molecule has 2 rings (SSSR count). The van der Waals surface area contributed by atoms with Gasteiger partial charge in [-0.2, -0.15) is 0 Å². The van der Waals surface area contributed by atoms with E-state index in [-0.39, 0.29) is 5.89 Å². The van der Waals surface area contributed by atoms with Gasteiger partial charge in [0.05, 0.1) is 0 Å². The molecule has 0 aliphatic heterocycles. The van der Waals surface area contributed by atoms with Crippen LogP contribution in [0.2, 0.25) is 0 Å². The van der Waals surface area contributed by atoms with E-state index in [0.29, 0.717) is 16.8 Å². The minimum atomic E-state index is -3.30. The van der Waals surface area contributed by atoms with Crippen molar-refractivity contribution in [1.29, 1.82) is 0 Å². The van der Waals surface area contributed by atoms with Crippen molar-refractivity contribution in [2.75, 3.05) is 12.0 Å². The number of aromatic nitrogens is 1. The highest BCUT2D eigenvalue weighted by Crippen LogP contribution is 2.31. The molecule has 0 saturated heterocycles. The molecule has 2 N–H and O–H groups in total. The van der Waals surface area contributed by atoms with Crippen LogP contribution in [0.3, 0.4) is 0 Å². The molecule has 0 aliphatic rings. The average molecular weight is 254 g/mol. The van der Waals surface area contributed by atoms with E-state index in [2.05, 4.69) is 4.98 Å². The van der Waals surface area contributed by atoms with Crippen molar-refractivity contribution < 1.29 is 12.8 Å². The summed E-state index contributed by atoms with van der Waals surface area (Å²) in [5, 5.41) is 0. The first-order valence-corrected chi connectivity index (χ1v) is 6.97. The summed E-state index contributed by atoms with van der Waals surface area (Å²) < 4.78 is 27.7. The van der Waals surface area contributed by atoms with Gasteiger partial charge in [0.25, 0.3) is 0 Å². The molecule has 0 radical (unpaired) electrons. The van der Waals surface area contributed by atoms with Gasteiger partial charge in [-0.05, 0) is 26.0 Å². The molecule has 92 valence electrons. The molecule has 17 heavy (non-hydrogen) atoms. The van der Waals surface area contributed by atoms with Gasteiger partial charge in [-0.15, -0.1) is 0 Å². The average Bonchev–Trinajstić information content (AvgIpc) is 2.58. The van der Waals surface area contributed by atoms with Crippen LogP contribution in [0.5, 0.6) is 0 Å². The molecule has 0 fully saturated rings. The third-order valence-electron chi connectivity index (χ3n) is 2.85. The molecule has 0 aliphatic carbocycles. The molecule has 0 unspecified atom stereocenters. The number of nitrogen functional groups attached to an aromatic ring is 1. The van der Waals surface area contributed by atoms with Gasteiger partial charge in [-0.25, -0.2) is 13.4 Å². The second-order valence-corrected chi connectivity index (χ2v) is 7.09. The van der Waals surface area contributed by atoms with E-state index in [1.807, 2.05) is 0 Å². The van der Waals surface area contributed by atoms with Crippen molar-refractivity contribution in [2.45, 2.75) is 18.6 Å². The fourth-order valence-corrected chi connectivity index (χ4v) is 1.76. The van der Waals surface area contributed by atoms with Crippen LogP contribution < -0.4 is 5.73 Å². The SMILES string of the molecule is CC(C)(c1nc2ccc(N)cc2o1)S(C)(=O)=O. The highest BCUT2D eigenvalue weighted by atomic mass is 32.2. The number of hydrogen-bond acceptors (Lipinski definition) is 5. The predicted molar refractivity (Wildman–Crippen MR) is 66.3 cm³/mol. The third-order valence-corrected chi connectivity index (χ3v) is 4.88. The van der Waals surface area contributed by atoms with E-state index in [4.69, 9.17) is 10.2 Å². The Morgan fingerprint density at radius 1 is 1.35 bits per heavy atom. The smallest absolute Gasteiger partial charge is 0.216 e. The van der Waals surface area contributed by atoms with Gasteiger partial charge in [0.2, 0.25) is 5.89 Å². The molecule has 6 heteroatoms. The third kappa shape index (κ3) is 1.88. The summed E-state index contributed by atoms with van der Waals surface area (Å²) >= 11 is 0. The van der Waals surface area contributed by atoms with Gasteiger partial charge in [0.1, 0.15) is 10.3 Å². The van der Waals surface area contributed by atoms with Gasteiger partial charge in [-0.3, -0.25) is 0 Å². The first kappa shape index (κ1) is 11.9. The van der Waals surface area contributed by atoms with Crippen molar-refractivity contribution in [1.82, 2.24) is 4.98 Å². The lowest BCUT2D eigenvalue weighted by Gasteiger charge is -2.17. The molecule has 1 aromatic heterocycles. The zero-order chi connectivity index (χ0) is 12.8. The summed E-state index contributed by atoms with van der Waals surface area (Å²) in [5.41, 5.74) is 7.27. The van der Waals surface area contributed by atoms with E-state index >= 15 is 0 Å². The molecule has 0 atom stereocenters. The van der Waals surface area contributed by atoms with Crippen molar-refractivity contribution in [3.05, 3.63) is 24.1 Å². The maximum absolute atomic E-state index is 11.7. The normalized spacial score (nSPS) is 13.1. The lowest BCUT2D eigenvalue weighted by atomic mass is 10.2. The highest BCUT2D eigenvalue weighted by Gasteiger charge is 2.37. The summed E-state index contributed by atoms with van der Waals surface area (Å²) in [5.74, 6) is 0.181. The summed E-state index contributed by atoms with van der Waals surface area (Å²) in [4.78, 5) is 4.19. The highest BCUT2D eigenvalue weighted by molar-refractivity contribution is 7.91. The van der Waals surface area contributed by atoms with Gasteiger partial charge in [-0.1, -0.05) is 0 Å². The maximum Gasteiger partial charge on any atom is 0.216 e. The van der Waals surface area contributed by atoms with Crippen LogP contribution >= 0.6 is 0 Å². The van der Waals surface area contributed by atoms with Gasteiger partial charge >= 0.3 is 0 Å². The minimum absolute atomic E-state index is 0.181. The second-order valence-electron chi connectivity index (χ2n) is 4.53. The van der Waals surface area contributed by atoms with Gasteiger partial charge in [0, 0.05) is 18.0 Å². The minimum Gasteiger partial charge on any atom is -0.439 e. The summed E-state index contributed by atoms with van der Waals surface area (Å²) in [7, 11) is -3.30. The van der Waals surface area contributed by atoms with Crippen molar-refractivity contribution in [3.63, 3.8) is 0 Å². The standard InChI is InChI=1S/C11H14N2O3S/c1-11(2,17(3,14)15)10-13-8-5-4-7(12)6-9(8)16-10/h4-6H,12H2,1-3H3. The predicted octanol–water partition coefficient (Wildman–Crippen LogP) is 1.69. The topological polar surface area (TPSA) is 86.2 Å². The molecule has 2 aromatic rings. The summed E-state index contributed by atoms with van der Waals surface area (Å²) in [6.07, 6.45) is 1.16. The first-order chi connectivity index (χ1) is 7.72. The number of nitrogens with two attached hydrogens (primary N) is 1. The first-order valence-electron chi connectivity index (χ1n) is 5.08. The number of oxazole rings is 1. The van der Waals surface area contributed by atoms with Crippen LogP contribution in [0.1, 0.15) is 19.7 Å². The number of hydrogen-bond donors (Lipinski definition) is 1. The van der Waals surface area contributed by atoms with Crippen molar-refractivity contribution in [3.8, 4) is 0 Å². The van der Waals surface area contributed by atoms with Gasteiger partial charge in [0.15, 0.2) is 15.4 Å². The summed E-state index contributed by atoms with van der Waals surface area (Å²) in [6, 6.07) is 5.03. The van der Waals surface area contributed by atoms with Crippen LogP contribution in [0, 0.1) is 0 Å². The Balaban J connectivity index is 2.65. The second kappa shape index (κ2) is 3.46. The lowest BCUT2D eigenvalue weighted by molar-refractivity contribution is 0.454. The molecule has 1 aromatic carbocycles. The van der Waals surface area contributed by atoms with Crippen molar-refractivity contribution >= 4 is 26.6 Å². The van der Waals surface area contributed by atoms with E-state index in [1.54, 1.807) is 32.0 Å². The molecule has 0 saturated carbocycles. The number of benzene rings is 1. The number of sulfone groups is 1. The molecule has 5 nitrogen and oxygen atoms in total.